The Morgan fingerprint density at radius 1 is 1.32 bits per heavy atom. The fourth-order valence-electron chi connectivity index (χ4n) is 3.35. The van der Waals surface area contributed by atoms with Crippen molar-refractivity contribution in [3.63, 3.8) is 0 Å². The third-order valence-electron chi connectivity index (χ3n) is 4.29. The van der Waals surface area contributed by atoms with E-state index in [1.807, 2.05) is 24.3 Å². The lowest BCUT2D eigenvalue weighted by Crippen LogP contribution is -2.63. The van der Waals surface area contributed by atoms with Crippen molar-refractivity contribution in [2.24, 2.45) is 0 Å². The Labute approximate surface area is 112 Å². The van der Waals surface area contributed by atoms with Crippen molar-refractivity contribution in [1.29, 1.82) is 0 Å². The molecule has 1 N–H and O–H groups in total. The highest BCUT2D eigenvalue weighted by molar-refractivity contribution is 6.03. The van der Waals surface area contributed by atoms with Crippen LogP contribution in [0.1, 0.15) is 31.7 Å². The summed E-state index contributed by atoms with van der Waals surface area (Å²) in [5.41, 5.74) is 1.33. The molecule has 2 aliphatic rings. The van der Waals surface area contributed by atoms with E-state index in [2.05, 4.69) is 5.32 Å². The Kier molecular flexibility index (Phi) is 2.81. The van der Waals surface area contributed by atoms with Gasteiger partial charge in [0.05, 0.1) is 0 Å². The Hall–Kier alpha value is -1.84. The third-order valence-corrected chi connectivity index (χ3v) is 4.29. The van der Waals surface area contributed by atoms with Crippen LogP contribution in [0.15, 0.2) is 24.3 Å². The Morgan fingerprint density at radius 2 is 2.11 bits per heavy atom. The molecule has 1 saturated heterocycles. The zero-order chi connectivity index (χ0) is 13.5. The maximum Gasteiger partial charge on any atom is 0.250 e. The van der Waals surface area contributed by atoms with Gasteiger partial charge in [0.1, 0.15) is 5.54 Å². The van der Waals surface area contributed by atoms with Crippen LogP contribution in [0, 0.1) is 0 Å². The van der Waals surface area contributed by atoms with E-state index >= 15 is 0 Å². The molecule has 0 saturated carbocycles. The number of nitrogens with one attached hydrogen (secondary N) is 1. The maximum absolute atomic E-state index is 12.5. The van der Waals surface area contributed by atoms with E-state index in [0.29, 0.717) is 13.0 Å². The molecule has 4 heteroatoms. The molecule has 3 rings (SSSR count). The minimum atomic E-state index is -0.668. The predicted octanol–water partition coefficient (Wildman–Crippen LogP) is 1.95. The summed E-state index contributed by atoms with van der Waals surface area (Å²) >= 11 is 0. The molecule has 1 atom stereocenters. The predicted molar refractivity (Wildman–Crippen MR) is 72.7 cm³/mol. The molecule has 1 spiro atoms. The molecule has 1 aromatic carbocycles. The van der Waals surface area contributed by atoms with Crippen LogP contribution in [0.2, 0.25) is 0 Å². The Balaban J connectivity index is 2.03. The lowest BCUT2D eigenvalue weighted by atomic mass is 9.77. The molecular formula is C15H18N2O2. The molecule has 1 fully saturated rings. The highest BCUT2D eigenvalue weighted by Crippen LogP contribution is 2.38. The van der Waals surface area contributed by atoms with Crippen LogP contribution in [-0.4, -0.2) is 28.8 Å². The molecule has 1 unspecified atom stereocenters. The van der Waals surface area contributed by atoms with Gasteiger partial charge in [-0.25, -0.2) is 0 Å². The first kappa shape index (κ1) is 12.2. The number of hydrogen-bond acceptors (Lipinski definition) is 2. The van der Waals surface area contributed by atoms with Gasteiger partial charge in [-0.05, 0) is 30.9 Å². The quantitative estimate of drug-likeness (QED) is 0.773. The van der Waals surface area contributed by atoms with Crippen molar-refractivity contribution in [1.82, 2.24) is 4.90 Å². The van der Waals surface area contributed by atoms with Gasteiger partial charge in [0, 0.05) is 25.6 Å². The van der Waals surface area contributed by atoms with Crippen molar-refractivity contribution in [2.45, 2.75) is 38.1 Å². The molecule has 2 aliphatic heterocycles. The normalized spacial score (nSPS) is 25.9. The van der Waals surface area contributed by atoms with Crippen LogP contribution in [0.3, 0.4) is 0 Å². The molecule has 0 aliphatic carbocycles. The van der Waals surface area contributed by atoms with Crippen LogP contribution >= 0.6 is 0 Å². The number of fused-ring (bicyclic) bond motifs is 1. The summed E-state index contributed by atoms with van der Waals surface area (Å²) in [5.74, 6) is -0.0321. The zero-order valence-electron chi connectivity index (χ0n) is 11.1. The van der Waals surface area contributed by atoms with Crippen molar-refractivity contribution in [3.05, 3.63) is 29.8 Å². The summed E-state index contributed by atoms with van der Waals surface area (Å²) in [6.45, 7) is 2.24. The van der Waals surface area contributed by atoms with Crippen LogP contribution in [-0.2, 0) is 16.0 Å². The highest BCUT2D eigenvalue weighted by Gasteiger charge is 2.49. The first-order valence-electron chi connectivity index (χ1n) is 6.81. The fraction of sp³-hybridized carbons (Fsp3) is 0.467. The summed E-state index contributed by atoms with van der Waals surface area (Å²) in [6, 6.07) is 7.84. The highest BCUT2D eigenvalue weighted by atomic mass is 16.2. The van der Waals surface area contributed by atoms with Crippen LogP contribution < -0.4 is 5.32 Å². The SMILES string of the molecule is CC(=O)N1CCCCC12Cc1ccccc1NC2=O. The van der Waals surface area contributed by atoms with Gasteiger partial charge in [0.2, 0.25) is 5.91 Å². The van der Waals surface area contributed by atoms with Crippen molar-refractivity contribution < 1.29 is 9.59 Å². The molecule has 0 aromatic heterocycles. The third kappa shape index (κ3) is 1.82. The number of amides is 2. The molecule has 4 nitrogen and oxygen atoms in total. The minimum Gasteiger partial charge on any atom is -0.328 e. The first-order valence-corrected chi connectivity index (χ1v) is 6.81. The second-order valence-corrected chi connectivity index (χ2v) is 5.45. The second kappa shape index (κ2) is 4.37. The van der Waals surface area contributed by atoms with Gasteiger partial charge in [-0.2, -0.15) is 0 Å². The van der Waals surface area contributed by atoms with E-state index in [9.17, 15) is 9.59 Å². The van der Waals surface area contributed by atoms with Gasteiger partial charge in [0.15, 0.2) is 0 Å². The summed E-state index contributed by atoms with van der Waals surface area (Å²) < 4.78 is 0. The molecule has 100 valence electrons. The van der Waals surface area contributed by atoms with Crippen molar-refractivity contribution >= 4 is 17.5 Å². The first-order chi connectivity index (χ1) is 9.13. The number of para-hydroxylation sites is 1. The number of anilines is 1. The number of nitrogens with zero attached hydrogens (tertiary/aromatic N) is 1. The number of benzene rings is 1. The molecule has 1 aromatic rings. The van der Waals surface area contributed by atoms with Gasteiger partial charge < -0.3 is 10.2 Å². The standard InChI is InChI=1S/C15H18N2O2/c1-11(18)17-9-5-4-8-15(17)10-12-6-2-3-7-13(12)16-14(15)19/h2-3,6-7H,4-5,8-10H2,1H3,(H,16,19). The minimum absolute atomic E-state index is 0.00534. The monoisotopic (exact) mass is 258 g/mol. The average molecular weight is 258 g/mol. The largest absolute Gasteiger partial charge is 0.328 e. The number of carbonyl (C=O) groups excluding carboxylic acids is 2. The number of hydrogen-bond donors (Lipinski definition) is 1. The number of carbonyl (C=O) groups is 2. The molecule has 2 amide bonds. The zero-order valence-corrected chi connectivity index (χ0v) is 11.1. The molecule has 0 radical (unpaired) electrons. The number of rotatable bonds is 0. The summed E-state index contributed by atoms with van der Waals surface area (Å²) in [6.07, 6.45) is 3.37. The van der Waals surface area contributed by atoms with Gasteiger partial charge in [0.25, 0.3) is 5.91 Å². The van der Waals surface area contributed by atoms with E-state index in [1.165, 1.54) is 0 Å². The van der Waals surface area contributed by atoms with Gasteiger partial charge in [-0.1, -0.05) is 18.2 Å². The van der Waals surface area contributed by atoms with Gasteiger partial charge in [-0.15, -0.1) is 0 Å². The van der Waals surface area contributed by atoms with E-state index in [-0.39, 0.29) is 11.8 Å². The van der Waals surface area contributed by atoms with Gasteiger partial charge in [-0.3, -0.25) is 9.59 Å². The molecular weight excluding hydrogens is 240 g/mol. The van der Waals surface area contributed by atoms with Crippen molar-refractivity contribution in [2.75, 3.05) is 11.9 Å². The molecule has 0 bridgehead atoms. The number of piperidine rings is 1. The average Bonchev–Trinajstić information content (AvgIpc) is 2.40. The Morgan fingerprint density at radius 3 is 2.89 bits per heavy atom. The lowest BCUT2D eigenvalue weighted by molar-refractivity contribution is -0.147. The topological polar surface area (TPSA) is 49.4 Å². The summed E-state index contributed by atoms with van der Waals surface area (Å²) in [7, 11) is 0. The summed E-state index contributed by atoms with van der Waals surface area (Å²) in [5, 5.41) is 2.97. The Bertz CT molecular complexity index is 541. The lowest BCUT2D eigenvalue weighted by Gasteiger charge is -2.47. The van der Waals surface area contributed by atoms with Crippen LogP contribution in [0.5, 0.6) is 0 Å². The summed E-state index contributed by atoms with van der Waals surface area (Å²) in [4.78, 5) is 26.2. The maximum atomic E-state index is 12.5. The van der Waals surface area contributed by atoms with E-state index < -0.39 is 5.54 Å². The van der Waals surface area contributed by atoms with E-state index in [0.717, 1.165) is 30.5 Å². The van der Waals surface area contributed by atoms with Crippen molar-refractivity contribution in [3.8, 4) is 0 Å². The smallest absolute Gasteiger partial charge is 0.250 e. The van der Waals surface area contributed by atoms with E-state index in [1.54, 1.807) is 11.8 Å². The van der Waals surface area contributed by atoms with Crippen LogP contribution in [0.25, 0.3) is 0 Å². The number of likely N-dealkylation sites (tertiary alicyclic amines) is 1. The molecule has 2 heterocycles. The van der Waals surface area contributed by atoms with Crippen LogP contribution in [0.4, 0.5) is 5.69 Å². The van der Waals surface area contributed by atoms with E-state index in [4.69, 9.17) is 0 Å². The van der Waals surface area contributed by atoms with Gasteiger partial charge >= 0.3 is 0 Å². The fourth-order valence-corrected chi connectivity index (χ4v) is 3.35. The molecule has 19 heavy (non-hydrogen) atoms. The second-order valence-electron chi connectivity index (χ2n) is 5.45.